The van der Waals surface area contributed by atoms with Gasteiger partial charge in [0.25, 0.3) is 0 Å². The molecule has 0 saturated carbocycles. The van der Waals surface area contributed by atoms with E-state index >= 15 is 0 Å². The lowest BCUT2D eigenvalue weighted by Crippen LogP contribution is -2.42. The Morgan fingerprint density at radius 2 is 2.00 bits per heavy atom. The molecule has 0 spiro atoms. The Kier molecular flexibility index (Phi) is 3.50. The molecular formula is C9H19NO2Si. The molecule has 0 amide bonds. The number of hydrogen-bond donors (Lipinski definition) is 2. The van der Waals surface area contributed by atoms with Crippen LogP contribution in [0.25, 0.3) is 0 Å². The van der Waals surface area contributed by atoms with Gasteiger partial charge in [-0.25, -0.2) is 0 Å². The van der Waals surface area contributed by atoms with Crippen molar-refractivity contribution in [2.75, 3.05) is 0 Å². The minimum Gasteiger partial charge on any atom is -0.480 e. The van der Waals surface area contributed by atoms with Crippen LogP contribution < -0.4 is 5.73 Å². The van der Waals surface area contributed by atoms with Gasteiger partial charge >= 0.3 is 5.97 Å². The van der Waals surface area contributed by atoms with Crippen molar-refractivity contribution in [3.63, 3.8) is 0 Å². The van der Waals surface area contributed by atoms with Crippen LogP contribution in [0.2, 0.25) is 24.7 Å². The second kappa shape index (κ2) is 4.24. The van der Waals surface area contributed by atoms with Crippen molar-refractivity contribution in [2.45, 2.75) is 50.0 Å². The molecular weight excluding hydrogens is 182 g/mol. The van der Waals surface area contributed by atoms with Gasteiger partial charge in [0.2, 0.25) is 0 Å². The van der Waals surface area contributed by atoms with E-state index in [1.165, 1.54) is 31.4 Å². The molecule has 1 rings (SSSR count). The summed E-state index contributed by atoms with van der Waals surface area (Å²) in [7, 11) is -1.27. The number of hydrogen-bond acceptors (Lipinski definition) is 2. The van der Waals surface area contributed by atoms with Crippen molar-refractivity contribution < 1.29 is 9.90 Å². The van der Waals surface area contributed by atoms with E-state index in [-0.39, 0.29) is 0 Å². The minimum atomic E-state index is -1.27. The fourth-order valence-corrected chi connectivity index (χ4v) is 6.33. The summed E-state index contributed by atoms with van der Waals surface area (Å²) in [5, 5.41) is 8.72. The highest BCUT2D eigenvalue weighted by molar-refractivity contribution is 6.79. The lowest BCUT2D eigenvalue weighted by Gasteiger charge is -2.32. The lowest BCUT2D eigenvalue weighted by atomic mass is 10.3. The largest absolute Gasteiger partial charge is 0.480 e. The highest BCUT2D eigenvalue weighted by Crippen LogP contribution is 2.32. The van der Waals surface area contributed by atoms with E-state index < -0.39 is 20.1 Å². The quantitative estimate of drug-likeness (QED) is 0.683. The zero-order valence-electron chi connectivity index (χ0n) is 8.25. The van der Waals surface area contributed by atoms with Crippen LogP contribution in [-0.4, -0.2) is 25.2 Å². The van der Waals surface area contributed by atoms with Gasteiger partial charge in [-0.15, -0.1) is 0 Å². The predicted octanol–water partition coefficient (Wildman–Crippen LogP) is 1.66. The summed E-state index contributed by atoms with van der Waals surface area (Å²) < 4.78 is 0. The van der Waals surface area contributed by atoms with Crippen LogP contribution in [-0.2, 0) is 4.79 Å². The molecule has 76 valence electrons. The van der Waals surface area contributed by atoms with Gasteiger partial charge in [-0.3, -0.25) is 4.79 Å². The normalized spacial score (nSPS) is 23.8. The highest BCUT2D eigenvalue weighted by Gasteiger charge is 2.32. The van der Waals surface area contributed by atoms with Crippen molar-refractivity contribution in [2.24, 2.45) is 5.73 Å². The van der Waals surface area contributed by atoms with Crippen LogP contribution in [0.1, 0.15) is 19.3 Å². The van der Waals surface area contributed by atoms with E-state index in [2.05, 4.69) is 6.55 Å². The SMILES string of the molecule is C[Si]1(C[C@@H](N)C(=O)O)CCCCC1. The summed E-state index contributed by atoms with van der Waals surface area (Å²) in [5.41, 5.74) is 5.57. The Hall–Kier alpha value is -0.353. The molecule has 1 aliphatic heterocycles. The predicted molar refractivity (Wildman–Crippen MR) is 55.5 cm³/mol. The Bertz CT molecular complexity index is 190. The molecule has 1 fully saturated rings. The third-order valence-corrected chi connectivity index (χ3v) is 7.64. The summed E-state index contributed by atoms with van der Waals surface area (Å²) >= 11 is 0. The van der Waals surface area contributed by atoms with Gasteiger partial charge in [-0.05, 0) is 6.04 Å². The van der Waals surface area contributed by atoms with Crippen LogP contribution in [0, 0.1) is 0 Å². The van der Waals surface area contributed by atoms with Crippen LogP contribution in [0.4, 0.5) is 0 Å². The standard InChI is InChI=1S/C9H19NO2Si/c1-13(5-3-2-4-6-13)7-8(10)9(11)12/h8H,2-7,10H2,1H3,(H,11,12)/t8-/m1/s1. The number of carboxylic acid groups (broad SMARTS) is 1. The molecule has 4 heteroatoms. The lowest BCUT2D eigenvalue weighted by molar-refractivity contribution is -0.138. The maximum Gasteiger partial charge on any atom is 0.320 e. The third kappa shape index (κ3) is 3.12. The Morgan fingerprint density at radius 1 is 1.46 bits per heavy atom. The third-order valence-electron chi connectivity index (χ3n) is 3.09. The first kappa shape index (κ1) is 10.7. The van der Waals surface area contributed by atoms with E-state index in [1.807, 2.05) is 0 Å². The molecule has 0 aromatic heterocycles. The summed E-state index contributed by atoms with van der Waals surface area (Å²) in [5.74, 6) is -0.834. The first-order valence-corrected chi connectivity index (χ1v) is 8.14. The summed E-state index contributed by atoms with van der Waals surface area (Å²) in [4.78, 5) is 10.6. The maximum atomic E-state index is 10.6. The van der Waals surface area contributed by atoms with Gasteiger partial charge in [-0.1, -0.05) is 37.9 Å². The van der Waals surface area contributed by atoms with E-state index in [4.69, 9.17) is 10.8 Å². The molecule has 1 heterocycles. The van der Waals surface area contributed by atoms with Crippen molar-refractivity contribution >= 4 is 14.0 Å². The Balaban J connectivity index is 2.45. The maximum absolute atomic E-state index is 10.6. The molecule has 13 heavy (non-hydrogen) atoms. The van der Waals surface area contributed by atoms with Gasteiger partial charge in [0.1, 0.15) is 6.04 Å². The minimum absolute atomic E-state index is 0.616. The summed E-state index contributed by atoms with van der Waals surface area (Å²) in [6, 6.07) is 2.69. The van der Waals surface area contributed by atoms with E-state index in [9.17, 15) is 4.79 Å². The van der Waals surface area contributed by atoms with Crippen molar-refractivity contribution in [1.82, 2.24) is 0 Å². The number of carboxylic acids is 1. The molecule has 0 aromatic carbocycles. The zero-order valence-corrected chi connectivity index (χ0v) is 9.25. The fraction of sp³-hybridized carbons (Fsp3) is 0.889. The molecule has 0 bridgehead atoms. The van der Waals surface area contributed by atoms with E-state index in [0.29, 0.717) is 0 Å². The van der Waals surface area contributed by atoms with Gasteiger partial charge in [-0.2, -0.15) is 0 Å². The average Bonchev–Trinajstić information content (AvgIpc) is 2.04. The molecule has 0 radical (unpaired) electrons. The molecule has 0 aliphatic carbocycles. The average molecular weight is 201 g/mol. The molecule has 1 saturated heterocycles. The van der Waals surface area contributed by atoms with Crippen molar-refractivity contribution in [1.29, 1.82) is 0 Å². The van der Waals surface area contributed by atoms with Crippen LogP contribution in [0.5, 0.6) is 0 Å². The van der Waals surface area contributed by atoms with Gasteiger partial charge < -0.3 is 10.8 Å². The van der Waals surface area contributed by atoms with Gasteiger partial charge in [0, 0.05) is 0 Å². The molecule has 0 aromatic rings. The molecule has 3 N–H and O–H groups in total. The number of rotatable bonds is 3. The number of carbonyl (C=O) groups is 1. The van der Waals surface area contributed by atoms with Gasteiger partial charge in [0.15, 0.2) is 0 Å². The number of aliphatic carboxylic acids is 1. The van der Waals surface area contributed by atoms with E-state index in [0.717, 1.165) is 6.04 Å². The summed E-state index contributed by atoms with van der Waals surface area (Å²) in [6.07, 6.45) is 3.90. The second-order valence-corrected chi connectivity index (χ2v) is 9.55. The topological polar surface area (TPSA) is 63.3 Å². The van der Waals surface area contributed by atoms with Crippen molar-refractivity contribution in [3.8, 4) is 0 Å². The first-order valence-electron chi connectivity index (χ1n) is 5.02. The summed E-state index contributed by atoms with van der Waals surface area (Å²) in [6.45, 7) is 2.30. The fourth-order valence-electron chi connectivity index (χ4n) is 2.23. The highest BCUT2D eigenvalue weighted by atomic mass is 28.3. The Morgan fingerprint density at radius 3 is 2.46 bits per heavy atom. The monoisotopic (exact) mass is 201 g/mol. The van der Waals surface area contributed by atoms with Crippen molar-refractivity contribution in [3.05, 3.63) is 0 Å². The first-order chi connectivity index (χ1) is 6.03. The van der Waals surface area contributed by atoms with Crippen LogP contribution in [0.3, 0.4) is 0 Å². The zero-order chi connectivity index (χ0) is 9.90. The molecule has 1 atom stereocenters. The smallest absolute Gasteiger partial charge is 0.320 e. The molecule has 3 nitrogen and oxygen atoms in total. The number of nitrogens with two attached hydrogens (primary N) is 1. The Labute approximate surface area is 80.3 Å². The van der Waals surface area contributed by atoms with Gasteiger partial charge in [0.05, 0.1) is 8.07 Å². The van der Waals surface area contributed by atoms with Crippen LogP contribution in [0.15, 0.2) is 0 Å². The molecule has 1 aliphatic rings. The second-order valence-electron chi connectivity index (χ2n) is 4.52. The van der Waals surface area contributed by atoms with Crippen LogP contribution >= 0.6 is 0 Å². The van der Waals surface area contributed by atoms with E-state index in [1.54, 1.807) is 0 Å². The molecule has 0 unspecified atom stereocenters.